The molecular weight excluding hydrogens is 214 g/mol. The molecule has 3 nitrogen and oxygen atoms in total. The second-order valence-electron chi connectivity index (χ2n) is 5.36. The maximum Gasteiger partial charge on any atom is 0.108 e. The molecule has 0 bridgehead atoms. The monoisotopic (exact) mass is 229 g/mol. The summed E-state index contributed by atoms with van der Waals surface area (Å²) < 4.78 is 11.5. The highest BCUT2D eigenvalue weighted by atomic mass is 16.6. The number of ether oxygens (including phenoxy) is 2. The minimum Gasteiger partial charge on any atom is -0.370 e. The van der Waals surface area contributed by atoms with Gasteiger partial charge >= 0.3 is 0 Å². The summed E-state index contributed by atoms with van der Waals surface area (Å²) in [5.41, 5.74) is 1.81. The number of fused-ring (bicyclic) bond motifs is 1. The van der Waals surface area contributed by atoms with Crippen LogP contribution < -0.4 is 0 Å². The van der Waals surface area contributed by atoms with Gasteiger partial charge < -0.3 is 9.47 Å². The third-order valence-corrected chi connectivity index (χ3v) is 3.76. The lowest BCUT2D eigenvalue weighted by atomic mass is 9.77. The average Bonchev–Trinajstić information content (AvgIpc) is 3.10. The fraction of sp³-hybridized carbons (Fsp3) is 0.500. The number of benzene rings is 1. The Morgan fingerprint density at radius 2 is 2.00 bits per heavy atom. The van der Waals surface area contributed by atoms with Gasteiger partial charge in [-0.05, 0) is 17.7 Å². The van der Waals surface area contributed by atoms with E-state index in [-0.39, 0.29) is 11.5 Å². The smallest absolute Gasteiger partial charge is 0.108 e. The molecule has 0 spiro atoms. The minimum absolute atomic E-state index is 0.00290. The van der Waals surface area contributed by atoms with E-state index < -0.39 is 0 Å². The fourth-order valence-electron chi connectivity index (χ4n) is 2.74. The van der Waals surface area contributed by atoms with Crippen molar-refractivity contribution in [3.05, 3.63) is 35.4 Å². The van der Waals surface area contributed by atoms with Crippen LogP contribution in [0, 0.1) is 16.7 Å². The van der Waals surface area contributed by atoms with E-state index in [2.05, 4.69) is 19.9 Å². The molecule has 2 saturated heterocycles. The SMILES string of the molecule is CC1(C)[C@@H]2O[C@@H]2CO[C@H]1c1ccc(C#N)cc1. The van der Waals surface area contributed by atoms with Gasteiger partial charge in [0, 0.05) is 5.41 Å². The zero-order valence-corrected chi connectivity index (χ0v) is 10.0. The van der Waals surface area contributed by atoms with E-state index in [1.54, 1.807) is 0 Å². The first-order valence-electron chi connectivity index (χ1n) is 5.90. The van der Waals surface area contributed by atoms with Crippen molar-refractivity contribution >= 4 is 0 Å². The molecule has 1 aromatic carbocycles. The Hall–Kier alpha value is -1.37. The summed E-state index contributed by atoms with van der Waals surface area (Å²) in [4.78, 5) is 0. The van der Waals surface area contributed by atoms with Gasteiger partial charge in [-0.2, -0.15) is 5.26 Å². The van der Waals surface area contributed by atoms with E-state index in [1.807, 2.05) is 24.3 Å². The van der Waals surface area contributed by atoms with Crippen molar-refractivity contribution in [2.24, 2.45) is 5.41 Å². The molecule has 1 aromatic rings. The molecule has 0 aromatic heterocycles. The Balaban J connectivity index is 1.90. The minimum atomic E-state index is -0.00290. The molecule has 0 unspecified atom stereocenters. The summed E-state index contributed by atoms with van der Waals surface area (Å²) in [5, 5.41) is 8.79. The molecule has 3 atom stereocenters. The maximum absolute atomic E-state index is 8.79. The molecule has 3 rings (SSSR count). The van der Waals surface area contributed by atoms with E-state index in [0.29, 0.717) is 24.4 Å². The van der Waals surface area contributed by atoms with Gasteiger partial charge in [0.15, 0.2) is 0 Å². The number of nitrogens with zero attached hydrogens (tertiary/aromatic N) is 1. The Labute approximate surface area is 101 Å². The van der Waals surface area contributed by atoms with E-state index >= 15 is 0 Å². The van der Waals surface area contributed by atoms with Crippen molar-refractivity contribution in [2.45, 2.75) is 32.2 Å². The quantitative estimate of drug-likeness (QED) is 0.695. The Morgan fingerprint density at radius 3 is 2.65 bits per heavy atom. The molecule has 0 radical (unpaired) electrons. The van der Waals surface area contributed by atoms with Gasteiger partial charge in [0.1, 0.15) is 6.10 Å². The Bertz CT molecular complexity index is 472. The first-order chi connectivity index (χ1) is 8.13. The number of hydrogen-bond acceptors (Lipinski definition) is 3. The van der Waals surface area contributed by atoms with Gasteiger partial charge in [0.2, 0.25) is 0 Å². The van der Waals surface area contributed by atoms with E-state index in [9.17, 15) is 0 Å². The van der Waals surface area contributed by atoms with E-state index in [0.717, 1.165) is 5.56 Å². The lowest BCUT2D eigenvalue weighted by molar-refractivity contribution is -0.0520. The zero-order valence-electron chi connectivity index (χ0n) is 10.0. The third kappa shape index (κ3) is 1.65. The predicted molar refractivity (Wildman–Crippen MR) is 62.3 cm³/mol. The van der Waals surface area contributed by atoms with E-state index in [4.69, 9.17) is 14.7 Å². The molecule has 88 valence electrons. The molecule has 2 fully saturated rings. The van der Waals surface area contributed by atoms with Gasteiger partial charge in [-0.1, -0.05) is 26.0 Å². The topological polar surface area (TPSA) is 45.5 Å². The van der Waals surface area contributed by atoms with Crippen molar-refractivity contribution in [3.63, 3.8) is 0 Å². The van der Waals surface area contributed by atoms with Gasteiger partial charge in [-0.3, -0.25) is 0 Å². The first-order valence-corrected chi connectivity index (χ1v) is 5.90. The van der Waals surface area contributed by atoms with Crippen molar-refractivity contribution in [1.29, 1.82) is 5.26 Å². The fourth-order valence-corrected chi connectivity index (χ4v) is 2.74. The largest absolute Gasteiger partial charge is 0.370 e. The molecule has 0 amide bonds. The van der Waals surface area contributed by atoms with Crippen molar-refractivity contribution < 1.29 is 9.47 Å². The van der Waals surface area contributed by atoms with E-state index in [1.165, 1.54) is 0 Å². The van der Waals surface area contributed by atoms with Crippen LogP contribution in [0.5, 0.6) is 0 Å². The average molecular weight is 229 g/mol. The van der Waals surface area contributed by atoms with Crippen LogP contribution in [-0.2, 0) is 9.47 Å². The molecule has 17 heavy (non-hydrogen) atoms. The summed E-state index contributed by atoms with van der Waals surface area (Å²) in [5.74, 6) is 0. The molecule has 0 N–H and O–H groups in total. The van der Waals surface area contributed by atoms with Gasteiger partial charge in [0.25, 0.3) is 0 Å². The van der Waals surface area contributed by atoms with Crippen LogP contribution in [0.15, 0.2) is 24.3 Å². The summed E-state index contributed by atoms with van der Waals surface area (Å²) in [6, 6.07) is 9.77. The highest BCUT2D eigenvalue weighted by Gasteiger charge is 2.57. The molecular formula is C14H15NO2. The Kier molecular flexibility index (Phi) is 2.25. The van der Waals surface area contributed by atoms with Crippen molar-refractivity contribution in [3.8, 4) is 6.07 Å². The summed E-state index contributed by atoms with van der Waals surface area (Å²) in [7, 11) is 0. The lowest BCUT2D eigenvalue weighted by Crippen LogP contribution is -2.36. The summed E-state index contributed by atoms with van der Waals surface area (Å²) in [6.07, 6.45) is 0.663. The highest BCUT2D eigenvalue weighted by Crippen LogP contribution is 2.52. The predicted octanol–water partition coefficient (Wildman–Crippen LogP) is 2.42. The van der Waals surface area contributed by atoms with Crippen LogP contribution >= 0.6 is 0 Å². The van der Waals surface area contributed by atoms with Crippen LogP contribution in [0.1, 0.15) is 31.1 Å². The molecule has 3 heteroatoms. The van der Waals surface area contributed by atoms with Crippen LogP contribution in [0.25, 0.3) is 0 Å². The summed E-state index contributed by atoms with van der Waals surface area (Å²) >= 11 is 0. The normalized spacial score (nSPS) is 33.6. The molecule has 0 aliphatic carbocycles. The van der Waals surface area contributed by atoms with Gasteiger partial charge in [-0.25, -0.2) is 0 Å². The van der Waals surface area contributed by atoms with Gasteiger partial charge in [-0.15, -0.1) is 0 Å². The number of hydrogen-bond donors (Lipinski definition) is 0. The zero-order chi connectivity index (χ0) is 12.0. The number of nitriles is 1. The first kappa shape index (κ1) is 10.8. The third-order valence-electron chi connectivity index (χ3n) is 3.76. The maximum atomic E-state index is 8.79. The standard InChI is InChI=1S/C14H15NO2/c1-14(2)12(16-8-11-13(14)17-11)10-5-3-9(7-15)4-6-10/h3-6,11-13H,8H2,1-2H3/t11-,12+,13-/m1/s1. The lowest BCUT2D eigenvalue weighted by Gasteiger charge is -2.36. The number of rotatable bonds is 1. The van der Waals surface area contributed by atoms with Crippen LogP contribution in [0.3, 0.4) is 0 Å². The molecule has 0 saturated carbocycles. The second-order valence-corrected chi connectivity index (χ2v) is 5.36. The molecule has 2 aliphatic rings. The van der Waals surface area contributed by atoms with Gasteiger partial charge in [0.05, 0.1) is 30.4 Å². The second kappa shape index (κ2) is 3.56. The molecule has 2 heterocycles. The number of epoxide rings is 1. The van der Waals surface area contributed by atoms with Crippen LogP contribution in [0.4, 0.5) is 0 Å². The van der Waals surface area contributed by atoms with Crippen LogP contribution in [-0.4, -0.2) is 18.8 Å². The highest BCUT2D eigenvalue weighted by molar-refractivity contribution is 5.33. The van der Waals surface area contributed by atoms with Crippen molar-refractivity contribution in [2.75, 3.05) is 6.61 Å². The van der Waals surface area contributed by atoms with Crippen LogP contribution in [0.2, 0.25) is 0 Å². The Morgan fingerprint density at radius 1 is 1.29 bits per heavy atom. The molecule has 2 aliphatic heterocycles. The summed E-state index contributed by atoms with van der Waals surface area (Å²) in [6.45, 7) is 5.04. The van der Waals surface area contributed by atoms with Crippen molar-refractivity contribution in [1.82, 2.24) is 0 Å².